The Kier molecular flexibility index (Phi) is 2.48. The van der Waals surface area contributed by atoms with E-state index in [-0.39, 0.29) is 6.16 Å². The lowest BCUT2D eigenvalue weighted by molar-refractivity contribution is 0.493. The van der Waals surface area contributed by atoms with Crippen molar-refractivity contribution in [3.63, 3.8) is 0 Å². The highest BCUT2D eigenvalue weighted by Gasteiger charge is 2.16. The third-order valence-corrected chi connectivity index (χ3v) is 3.17. The second-order valence-corrected chi connectivity index (χ2v) is 4.63. The Morgan fingerprint density at radius 3 is 2.36 bits per heavy atom. The van der Waals surface area contributed by atoms with Gasteiger partial charge in [-0.1, -0.05) is 18.2 Å². The van der Waals surface area contributed by atoms with Gasteiger partial charge in [-0.15, -0.1) is 0 Å². The molecule has 0 aromatic heterocycles. The maximum absolute atomic E-state index is 11.3. The van der Waals surface area contributed by atoms with E-state index >= 15 is 0 Å². The zero-order valence-corrected chi connectivity index (χ0v) is 7.00. The molecule has 0 amide bonds. The fourth-order valence-corrected chi connectivity index (χ4v) is 1.69. The van der Waals surface area contributed by atoms with E-state index in [1.54, 1.807) is 24.3 Å². The first-order valence-electron chi connectivity index (χ1n) is 3.33. The molecule has 59 valence electrons. The zero-order chi connectivity index (χ0) is 8.32. The molecule has 2 nitrogen and oxygen atoms in total. The molecule has 1 aromatic carbocycles. The van der Waals surface area contributed by atoms with Gasteiger partial charge in [-0.05, 0) is 19.1 Å². The largest absolute Gasteiger partial charge is 0.341 e. The van der Waals surface area contributed by atoms with Gasteiger partial charge in [0, 0.05) is 11.5 Å². The van der Waals surface area contributed by atoms with Crippen LogP contribution in [-0.4, -0.2) is 11.1 Å². The summed E-state index contributed by atoms with van der Waals surface area (Å²) in [6.07, 6.45) is 0.0526. The van der Waals surface area contributed by atoms with Crippen molar-refractivity contribution in [1.82, 2.24) is 0 Å². The summed E-state index contributed by atoms with van der Waals surface area (Å²) in [4.78, 5) is 9.29. The van der Waals surface area contributed by atoms with Gasteiger partial charge < -0.3 is 4.89 Å². The lowest BCUT2D eigenvalue weighted by Gasteiger charge is -2.07. The number of hydrogen-bond acceptors (Lipinski definition) is 1. The molecule has 0 saturated heterocycles. The summed E-state index contributed by atoms with van der Waals surface area (Å²) < 4.78 is 11.3. The summed E-state index contributed by atoms with van der Waals surface area (Å²) in [7, 11) is -3.14. The van der Waals surface area contributed by atoms with Gasteiger partial charge >= 0.3 is 0 Å². The fraction of sp³-hybridized carbons (Fsp3) is 0.125. The molecule has 1 atom stereocenters. The molecular weight excluding hydrogens is 159 g/mol. The average molecular weight is 169 g/mol. The Balaban J connectivity index is 3.03. The highest BCUT2D eigenvalue weighted by molar-refractivity contribution is 7.66. The van der Waals surface area contributed by atoms with Crippen LogP contribution in [0.3, 0.4) is 0 Å². The van der Waals surface area contributed by atoms with Gasteiger partial charge in [-0.25, -0.2) is 0 Å². The highest BCUT2D eigenvalue weighted by atomic mass is 31.2. The molecule has 11 heavy (non-hydrogen) atoms. The summed E-state index contributed by atoms with van der Waals surface area (Å²) in [6, 6.07) is 8.59. The van der Waals surface area contributed by atoms with Gasteiger partial charge in [0.15, 0.2) is 0 Å². The molecule has 1 N–H and O–H groups in total. The molecule has 0 spiro atoms. The third-order valence-electron chi connectivity index (χ3n) is 1.46. The van der Waals surface area contributed by atoms with Crippen molar-refractivity contribution < 1.29 is 9.46 Å². The summed E-state index contributed by atoms with van der Waals surface area (Å²) in [6.45, 7) is 3.42. The zero-order valence-electron chi connectivity index (χ0n) is 6.10. The molecule has 0 fully saturated rings. The van der Waals surface area contributed by atoms with Gasteiger partial charge in [-0.3, -0.25) is 4.57 Å². The first-order valence-corrected chi connectivity index (χ1v) is 5.18. The molecule has 1 aromatic rings. The fourth-order valence-electron chi connectivity index (χ4n) is 0.790. The van der Waals surface area contributed by atoms with Gasteiger partial charge in [0.25, 0.3) is 0 Å². The quantitative estimate of drug-likeness (QED) is 0.679. The van der Waals surface area contributed by atoms with Crippen LogP contribution < -0.4 is 5.30 Å². The van der Waals surface area contributed by atoms with Crippen LogP contribution in [0.25, 0.3) is 0 Å². The van der Waals surface area contributed by atoms with Crippen LogP contribution >= 0.6 is 7.37 Å². The lowest BCUT2D eigenvalue weighted by Crippen LogP contribution is -2.04. The lowest BCUT2D eigenvalue weighted by atomic mass is 10.4. The van der Waals surface area contributed by atoms with Crippen LogP contribution in [-0.2, 0) is 4.57 Å². The molecule has 3 heteroatoms. The monoisotopic (exact) mass is 169 g/mol. The second kappa shape index (κ2) is 3.21. The average Bonchev–Trinajstić information content (AvgIpc) is 2.06. The molecule has 0 aliphatic heterocycles. The molecular formula is C8H10O2P. The van der Waals surface area contributed by atoms with Gasteiger partial charge in [0.1, 0.15) is 0 Å². The van der Waals surface area contributed by atoms with Crippen molar-refractivity contribution in [1.29, 1.82) is 0 Å². The van der Waals surface area contributed by atoms with Gasteiger partial charge in [-0.2, -0.15) is 0 Å². The first kappa shape index (κ1) is 8.51. The van der Waals surface area contributed by atoms with Crippen molar-refractivity contribution in [3.8, 4) is 0 Å². The Bertz CT molecular complexity index is 269. The minimum absolute atomic E-state index is 0.0526. The van der Waals surface area contributed by atoms with E-state index in [2.05, 4.69) is 6.92 Å². The molecule has 1 rings (SSSR count). The summed E-state index contributed by atoms with van der Waals surface area (Å²) in [5.41, 5.74) is 0. The molecule has 0 aliphatic carbocycles. The van der Waals surface area contributed by atoms with E-state index in [4.69, 9.17) is 0 Å². The van der Waals surface area contributed by atoms with Crippen LogP contribution in [0.5, 0.6) is 0 Å². The van der Waals surface area contributed by atoms with Crippen molar-refractivity contribution in [2.75, 3.05) is 6.16 Å². The van der Waals surface area contributed by atoms with Crippen molar-refractivity contribution >= 4 is 12.7 Å². The van der Waals surface area contributed by atoms with Crippen molar-refractivity contribution in [2.45, 2.75) is 0 Å². The van der Waals surface area contributed by atoms with Gasteiger partial charge in [0.05, 0.1) is 0 Å². The molecule has 1 unspecified atom stereocenters. The smallest absolute Gasteiger partial charge is 0.229 e. The van der Waals surface area contributed by atoms with Crippen LogP contribution in [0.2, 0.25) is 0 Å². The molecule has 0 saturated carbocycles. The maximum atomic E-state index is 11.3. The van der Waals surface area contributed by atoms with E-state index in [9.17, 15) is 9.46 Å². The summed E-state index contributed by atoms with van der Waals surface area (Å²) in [5, 5.41) is 0.481. The van der Waals surface area contributed by atoms with Crippen LogP contribution in [0.1, 0.15) is 0 Å². The first-order chi connectivity index (χ1) is 5.17. The SMILES string of the molecule is [CH2]CP(=O)(O)c1ccccc1. The third kappa shape index (κ3) is 1.92. The number of hydrogen-bond donors (Lipinski definition) is 1. The van der Waals surface area contributed by atoms with Gasteiger partial charge in [0.2, 0.25) is 7.37 Å². The predicted octanol–water partition coefficient (Wildman–Crippen LogP) is 1.42. The second-order valence-electron chi connectivity index (χ2n) is 2.26. The normalized spacial score (nSPS) is 15.8. The Hall–Kier alpha value is -0.590. The predicted molar refractivity (Wildman–Crippen MR) is 46.1 cm³/mol. The summed E-state index contributed by atoms with van der Waals surface area (Å²) >= 11 is 0. The molecule has 0 heterocycles. The number of rotatable bonds is 2. The Labute approximate surface area is 66.3 Å². The van der Waals surface area contributed by atoms with Crippen LogP contribution in [0.15, 0.2) is 30.3 Å². The van der Waals surface area contributed by atoms with Crippen LogP contribution in [0, 0.1) is 6.92 Å². The topological polar surface area (TPSA) is 37.3 Å². The van der Waals surface area contributed by atoms with E-state index in [0.717, 1.165) is 0 Å². The molecule has 1 radical (unpaired) electrons. The summed E-state index contributed by atoms with van der Waals surface area (Å²) in [5.74, 6) is 0. The minimum atomic E-state index is -3.14. The standard InChI is InChI=1S/C8H10O2P/c1-2-11(9,10)8-6-4-3-5-7-8/h3-7H,1-2H2,(H,9,10). The van der Waals surface area contributed by atoms with Crippen LogP contribution in [0.4, 0.5) is 0 Å². The minimum Gasteiger partial charge on any atom is -0.341 e. The highest BCUT2D eigenvalue weighted by Crippen LogP contribution is 2.37. The Morgan fingerprint density at radius 2 is 1.91 bits per heavy atom. The molecule has 0 bridgehead atoms. The van der Waals surface area contributed by atoms with E-state index < -0.39 is 7.37 Å². The molecule has 0 aliphatic rings. The van der Waals surface area contributed by atoms with E-state index in [0.29, 0.717) is 5.30 Å². The van der Waals surface area contributed by atoms with E-state index in [1.165, 1.54) is 0 Å². The number of benzene rings is 1. The van der Waals surface area contributed by atoms with Crippen molar-refractivity contribution in [2.24, 2.45) is 0 Å². The van der Waals surface area contributed by atoms with E-state index in [1.807, 2.05) is 6.07 Å². The van der Waals surface area contributed by atoms with Crippen molar-refractivity contribution in [3.05, 3.63) is 37.3 Å². The maximum Gasteiger partial charge on any atom is 0.229 e. The Morgan fingerprint density at radius 1 is 1.36 bits per heavy atom.